The highest BCUT2D eigenvalue weighted by Crippen LogP contribution is 2.44. The van der Waals surface area contributed by atoms with Crippen molar-refractivity contribution in [3.05, 3.63) is 125 Å². The second-order valence-electron chi connectivity index (χ2n) is 13.5. The lowest BCUT2D eigenvalue weighted by molar-refractivity contribution is -0.690. The summed E-state index contributed by atoms with van der Waals surface area (Å²) in [6, 6.07) is 30.8. The van der Waals surface area contributed by atoms with Crippen molar-refractivity contribution in [2.24, 2.45) is 0 Å². The van der Waals surface area contributed by atoms with Crippen LogP contribution >= 0.6 is 0 Å². The van der Waals surface area contributed by atoms with Crippen LogP contribution in [0.3, 0.4) is 0 Å². The van der Waals surface area contributed by atoms with Crippen LogP contribution in [0, 0.1) is 13.8 Å². The van der Waals surface area contributed by atoms with Gasteiger partial charge in [0.1, 0.15) is 5.75 Å². The van der Waals surface area contributed by atoms with E-state index in [1.807, 2.05) is 6.07 Å². The Labute approximate surface area is 330 Å². The van der Waals surface area contributed by atoms with Crippen molar-refractivity contribution in [3.8, 4) is 28.3 Å². The lowest BCUT2D eigenvalue weighted by atomic mass is 9.79. The molecule has 0 amide bonds. The van der Waals surface area contributed by atoms with Gasteiger partial charge in [0, 0.05) is 37.1 Å². The number of benzene rings is 4. The fourth-order valence-corrected chi connectivity index (χ4v) is 7.30. The lowest BCUT2D eigenvalue weighted by Crippen LogP contribution is -2.45. The SMILES string of the molecule is COc1ccc2cc(/C=C/c3cccc4[n+]3CCc3c(C)c(C)c5c(c3-4)-c3c4ccccc4cc[n+]3CC5)ccc2c1.O=S(=O)([O-])C(F)(F)F.O=S(=O)([O-])C(F)(F)F. The molecular formula is C41H34F6N2O7S2. The largest absolute Gasteiger partial charge is 0.741 e. The van der Waals surface area contributed by atoms with Crippen molar-refractivity contribution < 1.29 is 66.2 Å². The van der Waals surface area contributed by atoms with Gasteiger partial charge < -0.3 is 13.8 Å². The molecule has 2 aliphatic heterocycles. The molecule has 0 saturated carbocycles. The first-order valence-electron chi connectivity index (χ1n) is 17.5. The van der Waals surface area contributed by atoms with Crippen LogP contribution in [0.1, 0.15) is 33.5 Å². The van der Waals surface area contributed by atoms with E-state index in [1.54, 1.807) is 7.11 Å². The number of fused-ring (bicyclic) bond motifs is 10. The predicted molar refractivity (Wildman–Crippen MR) is 203 cm³/mol. The van der Waals surface area contributed by atoms with E-state index in [-0.39, 0.29) is 0 Å². The third kappa shape index (κ3) is 8.43. The molecule has 2 aromatic heterocycles. The average Bonchev–Trinajstić information content (AvgIpc) is 3.16. The van der Waals surface area contributed by atoms with E-state index >= 15 is 0 Å². The van der Waals surface area contributed by atoms with E-state index in [2.05, 4.69) is 120 Å². The van der Waals surface area contributed by atoms with Gasteiger partial charge in [0.05, 0.1) is 23.6 Å². The number of ether oxygens (including phenoxy) is 1. The molecule has 0 radical (unpaired) electrons. The number of halogens is 6. The molecule has 17 heteroatoms. The minimum Gasteiger partial charge on any atom is -0.741 e. The summed E-state index contributed by atoms with van der Waals surface area (Å²) < 4.78 is 128. The number of hydrogen-bond acceptors (Lipinski definition) is 7. The Morgan fingerprint density at radius 2 is 1.26 bits per heavy atom. The van der Waals surface area contributed by atoms with Crippen LogP contribution in [0.2, 0.25) is 0 Å². The summed E-state index contributed by atoms with van der Waals surface area (Å²) in [6.07, 6.45) is 8.93. The van der Waals surface area contributed by atoms with Gasteiger partial charge >= 0.3 is 11.0 Å². The number of pyridine rings is 2. The Kier molecular flexibility index (Phi) is 11.5. The second kappa shape index (κ2) is 15.8. The molecule has 0 atom stereocenters. The number of aromatic nitrogens is 2. The van der Waals surface area contributed by atoms with Gasteiger partial charge in [-0.2, -0.15) is 35.5 Å². The zero-order valence-electron chi connectivity index (χ0n) is 31.0. The molecule has 0 N–H and O–H groups in total. The van der Waals surface area contributed by atoms with Crippen LogP contribution in [-0.4, -0.2) is 44.1 Å². The predicted octanol–water partition coefficient (Wildman–Crippen LogP) is 7.91. The average molecular weight is 845 g/mol. The molecule has 4 heterocycles. The number of methoxy groups -OCH3 is 1. The standard InChI is InChI=1S/C39H34N2O.2CHF3O3S/c1-25-26(2)34-18-21-40-20-17-28-7-4-5-9-35(28)39(40)38(34)37-33(25)19-22-41-31(8-6-10-36(37)41)15-12-27-11-13-30-24-32(42-3)16-14-29(30)23-27;2*2-1(3,4)8(5,6)7/h4-17,20,23-24H,18-19,21-22H2,1-3H3;2*(H,5,6,7)/q+2;;/p-2/b15-12+;;. The molecule has 4 aromatic carbocycles. The van der Waals surface area contributed by atoms with Crippen LogP contribution in [0.25, 0.3) is 56.2 Å². The fourth-order valence-electron chi connectivity index (χ4n) is 7.30. The summed E-state index contributed by atoms with van der Waals surface area (Å²) in [5.41, 5.74) is 2.68. The van der Waals surface area contributed by atoms with Crippen LogP contribution in [0.5, 0.6) is 5.75 Å². The molecule has 304 valence electrons. The Hall–Kier alpha value is -5.36. The van der Waals surface area contributed by atoms with Gasteiger partial charge in [-0.25, -0.2) is 16.8 Å². The van der Waals surface area contributed by atoms with Crippen LogP contribution in [-0.2, 0) is 46.2 Å². The molecule has 58 heavy (non-hydrogen) atoms. The topological polar surface area (TPSA) is 131 Å². The normalized spacial score (nSPS) is 13.7. The summed E-state index contributed by atoms with van der Waals surface area (Å²) in [5, 5.41) is 5.05. The van der Waals surface area contributed by atoms with Crippen molar-refractivity contribution >= 4 is 53.9 Å². The Morgan fingerprint density at radius 1 is 0.672 bits per heavy atom. The maximum atomic E-state index is 10.7. The number of rotatable bonds is 3. The minimum atomic E-state index is -6.09. The molecule has 6 aromatic rings. The molecule has 0 unspecified atom stereocenters. The smallest absolute Gasteiger partial charge is 0.485 e. The number of nitrogens with zero attached hydrogens (tertiary/aromatic N) is 2. The first-order valence-corrected chi connectivity index (χ1v) is 20.3. The van der Waals surface area contributed by atoms with Crippen LogP contribution < -0.4 is 13.9 Å². The number of aryl methyl sites for hydroxylation is 1. The number of hydrogen-bond donors (Lipinski definition) is 0. The monoisotopic (exact) mass is 844 g/mol. The van der Waals surface area contributed by atoms with Crippen molar-refractivity contribution in [3.63, 3.8) is 0 Å². The van der Waals surface area contributed by atoms with Gasteiger partial charge in [0.15, 0.2) is 39.5 Å². The van der Waals surface area contributed by atoms with Gasteiger partial charge in [0.25, 0.3) is 0 Å². The number of alkyl halides is 6. The summed E-state index contributed by atoms with van der Waals surface area (Å²) in [7, 11) is -10.5. The van der Waals surface area contributed by atoms with Gasteiger partial charge in [-0.3, -0.25) is 0 Å². The molecule has 8 rings (SSSR count). The zero-order chi connectivity index (χ0) is 42.4. The highest BCUT2D eigenvalue weighted by molar-refractivity contribution is 7.86. The van der Waals surface area contributed by atoms with E-state index in [0.717, 1.165) is 31.7 Å². The first kappa shape index (κ1) is 42.3. The van der Waals surface area contributed by atoms with E-state index in [0.29, 0.717) is 0 Å². The zero-order valence-corrected chi connectivity index (χ0v) is 32.6. The van der Waals surface area contributed by atoms with Crippen LogP contribution in [0.15, 0.2) is 91.1 Å². The van der Waals surface area contributed by atoms with E-state index in [9.17, 15) is 26.3 Å². The molecule has 9 nitrogen and oxygen atoms in total. The maximum absolute atomic E-state index is 10.7. The van der Waals surface area contributed by atoms with E-state index < -0.39 is 31.3 Å². The molecular weight excluding hydrogens is 811 g/mol. The van der Waals surface area contributed by atoms with Crippen molar-refractivity contribution in [1.29, 1.82) is 0 Å². The van der Waals surface area contributed by atoms with E-state index in [1.165, 1.54) is 77.6 Å². The summed E-state index contributed by atoms with van der Waals surface area (Å²) in [6.45, 7) is 6.69. The van der Waals surface area contributed by atoms with E-state index in [4.69, 9.17) is 30.7 Å². The molecule has 0 fully saturated rings. The Balaban J connectivity index is 0.000000301. The fraction of sp³-hybridized carbons (Fsp3) is 0.220. The Bertz CT molecular complexity index is 2800. The third-order valence-electron chi connectivity index (χ3n) is 10.1. The van der Waals surface area contributed by atoms with Gasteiger partial charge in [-0.1, -0.05) is 36.4 Å². The molecule has 0 aliphatic carbocycles. The highest BCUT2D eigenvalue weighted by atomic mass is 32.2. The van der Waals surface area contributed by atoms with Gasteiger partial charge in [-0.05, 0) is 94.2 Å². The summed E-state index contributed by atoms with van der Waals surface area (Å²) in [4.78, 5) is 0. The second-order valence-corrected chi connectivity index (χ2v) is 16.2. The molecule has 2 aliphatic rings. The minimum absolute atomic E-state index is 0.889. The first-order chi connectivity index (χ1) is 27.1. The van der Waals surface area contributed by atoms with Gasteiger partial charge in [0.2, 0.25) is 17.1 Å². The van der Waals surface area contributed by atoms with Gasteiger partial charge in [-0.15, -0.1) is 0 Å². The quantitative estimate of drug-likeness (QED) is 0.0766. The highest BCUT2D eigenvalue weighted by Gasteiger charge is 2.39. The molecule has 0 spiro atoms. The Morgan fingerprint density at radius 3 is 1.90 bits per heavy atom. The lowest BCUT2D eigenvalue weighted by Gasteiger charge is -2.27. The van der Waals surface area contributed by atoms with Crippen molar-refractivity contribution in [2.45, 2.75) is 50.8 Å². The third-order valence-corrected chi connectivity index (χ3v) is 11.3. The molecule has 0 bridgehead atoms. The summed E-state index contributed by atoms with van der Waals surface area (Å²) >= 11 is 0. The summed E-state index contributed by atoms with van der Waals surface area (Å²) in [5.74, 6) is 0.889. The molecule has 0 saturated heterocycles. The maximum Gasteiger partial charge on any atom is 0.485 e. The van der Waals surface area contributed by atoms with Crippen molar-refractivity contribution in [2.75, 3.05) is 7.11 Å². The van der Waals surface area contributed by atoms with Crippen LogP contribution in [0.4, 0.5) is 26.3 Å². The van der Waals surface area contributed by atoms with Crippen molar-refractivity contribution in [1.82, 2.24) is 0 Å².